The average molecular weight is 173 g/mol. The van der Waals surface area contributed by atoms with Crippen molar-refractivity contribution in [1.82, 2.24) is 0 Å². The lowest BCUT2D eigenvalue weighted by atomic mass is 10.0. The van der Waals surface area contributed by atoms with Crippen LogP contribution in [-0.4, -0.2) is 19.0 Å². The van der Waals surface area contributed by atoms with Gasteiger partial charge in [-0.15, -0.1) is 0 Å². The monoisotopic (exact) mass is 173 g/mol. The number of methoxy groups -OCH3 is 1. The largest absolute Gasteiger partial charge is 0.550 e. The van der Waals surface area contributed by atoms with Gasteiger partial charge in [0.1, 0.15) is 0 Å². The van der Waals surface area contributed by atoms with Crippen molar-refractivity contribution in [1.29, 1.82) is 0 Å². The van der Waals surface area contributed by atoms with Crippen LogP contribution in [0.2, 0.25) is 0 Å². The van der Waals surface area contributed by atoms with Crippen molar-refractivity contribution in [2.75, 3.05) is 7.11 Å². The Morgan fingerprint density at radius 1 is 1.50 bits per heavy atom. The lowest BCUT2D eigenvalue weighted by molar-refractivity contribution is -0.305. The van der Waals surface area contributed by atoms with Crippen LogP contribution in [0.4, 0.5) is 0 Å². The first-order chi connectivity index (χ1) is 5.61. The zero-order chi connectivity index (χ0) is 9.56. The van der Waals surface area contributed by atoms with Crippen molar-refractivity contribution in [2.45, 2.75) is 26.2 Å². The van der Waals surface area contributed by atoms with Crippen LogP contribution in [0.3, 0.4) is 0 Å². The van der Waals surface area contributed by atoms with Gasteiger partial charge < -0.3 is 14.6 Å². The molecule has 4 heteroatoms. The Hall–Kier alpha value is -1.06. The van der Waals surface area contributed by atoms with E-state index in [1.165, 1.54) is 7.11 Å². The summed E-state index contributed by atoms with van der Waals surface area (Å²) in [5.74, 6) is -1.79. The second-order valence-electron chi connectivity index (χ2n) is 2.54. The van der Waals surface area contributed by atoms with Gasteiger partial charge in [0.05, 0.1) is 13.0 Å². The van der Waals surface area contributed by atoms with Gasteiger partial charge in [-0.3, -0.25) is 4.79 Å². The highest BCUT2D eigenvalue weighted by atomic mass is 16.5. The summed E-state index contributed by atoms with van der Waals surface area (Å²) < 4.78 is 4.48. The number of rotatable bonds is 5. The number of carboxylic acid groups (broad SMARTS) is 1. The molecule has 0 radical (unpaired) electrons. The van der Waals surface area contributed by atoms with Crippen LogP contribution in [0, 0.1) is 5.92 Å². The minimum Gasteiger partial charge on any atom is -0.550 e. The van der Waals surface area contributed by atoms with E-state index in [4.69, 9.17) is 0 Å². The summed E-state index contributed by atoms with van der Waals surface area (Å²) in [6.45, 7) is 1.82. The number of hydrogen-bond donors (Lipinski definition) is 0. The van der Waals surface area contributed by atoms with E-state index >= 15 is 0 Å². The molecular formula is C8H13O4-. The molecule has 0 saturated carbocycles. The lowest BCUT2D eigenvalue weighted by Crippen LogP contribution is -2.24. The molecule has 12 heavy (non-hydrogen) atoms. The van der Waals surface area contributed by atoms with Crippen LogP contribution in [0.25, 0.3) is 0 Å². The van der Waals surface area contributed by atoms with Crippen molar-refractivity contribution < 1.29 is 19.4 Å². The highest BCUT2D eigenvalue weighted by molar-refractivity contribution is 5.73. The zero-order valence-electron chi connectivity index (χ0n) is 7.33. The second-order valence-corrected chi connectivity index (χ2v) is 2.54. The molecule has 0 fully saturated rings. The molecule has 70 valence electrons. The van der Waals surface area contributed by atoms with Crippen molar-refractivity contribution >= 4 is 11.9 Å². The SMILES string of the molecule is CCC(CCC(=O)[O-])C(=O)OC. The van der Waals surface area contributed by atoms with Gasteiger partial charge in [0.25, 0.3) is 0 Å². The van der Waals surface area contributed by atoms with Gasteiger partial charge in [-0.25, -0.2) is 0 Å². The fourth-order valence-electron chi connectivity index (χ4n) is 0.947. The van der Waals surface area contributed by atoms with Gasteiger partial charge in [0.2, 0.25) is 0 Å². The van der Waals surface area contributed by atoms with E-state index in [2.05, 4.69) is 4.74 Å². The van der Waals surface area contributed by atoms with Crippen molar-refractivity contribution in [3.05, 3.63) is 0 Å². The molecule has 0 amide bonds. The van der Waals surface area contributed by atoms with Crippen LogP contribution in [0.15, 0.2) is 0 Å². The molecule has 0 aromatic heterocycles. The lowest BCUT2D eigenvalue weighted by Gasteiger charge is -2.11. The molecule has 4 nitrogen and oxygen atoms in total. The smallest absolute Gasteiger partial charge is 0.308 e. The first-order valence-corrected chi connectivity index (χ1v) is 3.89. The highest BCUT2D eigenvalue weighted by Gasteiger charge is 2.15. The Labute approximate surface area is 71.5 Å². The molecule has 0 aliphatic carbocycles. The molecular weight excluding hydrogens is 160 g/mol. The highest BCUT2D eigenvalue weighted by Crippen LogP contribution is 2.11. The maximum Gasteiger partial charge on any atom is 0.308 e. The molecule has 0 N–H and O–H groups in total. The third-order valence-electron chi connectivity index (χ3n) is 1.72. The van der Waals surface area contributed by atoms with Crippen molar-refractivity contribution in [2.24, 2.45) is 5.92 Å². The minimum atomic E-state index is -1.13. The number of carbonyl (C=O) groups excluding carboxylic acids is 2. The van der Waals surface area contributed by atoms with Gasteiger partial charge in [-0.05, 0) is 19.3 Å². The molecule has 0 rings (SSSR count). The molecule has 0 heterocycles. The molecule has 0 aromatic rings. The minimum absolute atomic E-state index is 0.0897. The number of hydrogen-bond acceptors (Lipinski definition) is 4. The average Bonchev–Trinajstić information content (AvgIpc) is 2.04. The standard InChI is InChI=1S/C8H14O4/c1-3-6(8(11)12-2)4-5-7(9)10/h6H,3-5H2,1-2H3,(H,9,10)/p-1. The fourth-order valence-corrected chi connectivity index (χ4v) is 0.947. The molecule has 0 bridgehead atoms. The van der Waals surface area contributed by atoms with E-state index in [-0.39, 0.29) is 18.3 Å². The van der Waals surface area contributed by atoms with Gasteiger partial charge in [-0.2, -0.15) is 0 Å². The quantitative estimate of drug-likeness (QED) is 0.536. The van der Waals surface area contributed by atoms with Crippen LogP contribution in [0.1, 0.15) is 26.2 Å². The summed E-state index contributed by atoms with van der Waals surface area (Å²) in [7, 11) is 1.30. The zero-order valence-corrected chi connectivity index (χ0v) is 7.33. The Morgan fingerprint density at radius 2 is 2.08 bits per heavy atom. The summed E-state index contributed by atoms with van der Waals surface area (Å²) in [5.41, 5.74) is 0. The maximum atomic E-state index is 10.9. The van der Waals surface area contributed by atoms with Gasteiger partial charge >= 0.3 is 5.97 Å². The first kappa shape index (κ1) is 10.9. The van der Waals surface area contributed by atoms with Crippen LogP contribution in [0.5, 0.6) is 0 Å². The second kappa shape index (κ2) is 5.57. The van der Waals surface area contributed by atoms with Crippen molar-refractivity contribution in [3.8, 4) is 0 Å². The van der Waals surface area contributed by atoms with Crippen molar-refractivity contribution in [3.63, 3.8) is 0 Å². The van der Waals surface area contributed by atoms with Crippen LogP contribution >= 0.6 is 0 Å². The fraction of sp³-hybridized carbons (Fsp3) is 0.750. The van der Waals surface area contributed by atoms with E-state index in [1.54, 1.807) is 0 Å². The van der Waals surface area contributed by atoms with Gasteiger partial charge in [0, 0.05) is 5.97 Å². The van der Waals surface area contributed by atoms with E-state index in [9.17, 15) is 14.7 Å². The summed E-state index contributed by atoms with van der Waals surface area (Å²) in [4.78, 5) is 21.0. The number of carbonyl (C=O) groups is 2. The summed E-state index contributed by atoms with van der Waals surface area (Å²) >= 11 is 0. The topological polar surface area (TPSA) is 66.4 Å². The van der Waals surface area contributed by atoms with Gasteiger partial charge in [-0.1, -0.05) is 6.92 Å². The number of aliphatic carboxylic acids is 1. The Bertz CT molecular complexity index is 164. The maximum absolute atomic E-state index is 10.9. The summed E-state index contributed by atoms with van der Waals surface area (Å²) in [6.07, 6.45) is 0.805. The molecule has 0 aliphatic rings. The molecule has 1 unspecified atom stereocenters. The van der Waals surface area contributed by atoms with E-state index in [0.717, 1.165) is 0 Å². The Morgan fingerprint density at radius 3 is 2.42 bits per heavy atom. The van der Waals surface area contributed by atoms with E-state index in [0.29, 0.717) is 12.8 Å². The molecule has 0 spiro atoms. The normalized spacial score (nSPS) is 12.2. The van der Waals surface area contributed by atoms with E-state index < -0.39 is 5.97 Å². The molecule has 0 aliphatic heterocycles. The number of ether oxygens (including phenoxy) is 1. The van der Waals surface area contributed by atoms with Gasteiger partial charge in [0.15, 0.2) is 0 Å². The third-order valence-corrected chi connectivity index (χ3v) is 1.72. The Balaban J connectivity index is 3.83. The van der Waals surface area contributed by atoms with E-state index in [1.807, 2.05) is 6.92 Å². The predicted octanol–water partition coefficient (Wildman–Crippen LogP) is -0.284. The molecule has 1 atom stereocenters. The summed E-state index contributed by atoms with van der Waals surface area (Å²) in [5, 5.41) is 10.1. The predicted molar refractivity (Wildman–Crippen MR) is 40.0 cm³/mol. The van der Waals surface area contributed by atoms with Crippen LogP contribution < -0.4 is 5.11 Å². The molecule has 0 saturated heterocycles. The summed E-state index contributed by atoms with van der Waals surface area (Å²) in [6, 6.07) is 0. The number of esters is 1. The number of carboxylic acids is 1. The molecule has 0 aromatic carbocycles. The third kappa shape index (κ3) is 3.95. The first-order valence-electron chi connectivity index (χ1n) is 3.89. The van der Waals surface area contributed by atoms with Crippen LogP contribution in [-0.2, 0) is 14.3 Å². The Kier molecular flexibility index (Phi) is 5.08.